The van der Waals surface area contributed by atoms with Crippen LogP contribution in [0, 0.1) is 0 Å². The summed E-state index contributed by atoms with van der Waals surface area (Å²) >= 11 is 0. The maximum absolute atomic E-state index is 12.3. The molecule has 0 amide bonds. The summed E-state index contributed by atoms with van der Waals surface area (Å²) in [5, 5.41) is 5.15. The molecule has 0 aliphatic rings. The number of Topliss-reactive ketones (excluding diaryl/α,β-unsaturated/α-hetero) is 1. The molecule has 0 spiro atoms. The van der Waals surface area contributed by atoms with Crippen molar-refractivity contribution in [1.82, 2.24) is 0 Å². The lowest BCUT2D eigenvalue weighted by molar-refractivity contribution is 0.104. The van der Waals surface area contributed by atoms with E-state index in [1.54, 1.807) is 60.7 Å². The minimum Gasteiger partial charge on any atom is -0.288 e. The smallest absolute Gasteiger partial charge is 0.241 e. The number of carbonyl (C=O) groups excluding carboxylic acids is 1. The van der Waals surface area contributed by atoms with Gasteiger partial charge in [0.1, 0.15) is 4.91 Å². The van der Waals surface area contributed by atoms with E-state index in [0.717, 1.165) is 0 Å². The van der Waals surface area contributed by atoms with Crippen molar-refractivity contribution in [3.8, 4) is 0 Å². The molecule has 2 N–H and O–H groups in total. The van der Waals surface area contributed by atoms with Gasteiger partial charge in [-0.1, -0.05) is 60.7 Å². The Morgan fingerprint density at radius 1 is 0.900 bits per heavy atom. The second-order valence-electron chi connectivity index (χ2n) is 4.16. The molecule has 0 saturated heterocycles. The molecule has 102 valence electrons. The highest BCUT2D eigenvalue weighted by Gasteiger charge is 2.22. The molecule has 4 nitrogen and oxygen atoms in total. The third-order valence-corrected chi connectivity index (χ3v) is 3.58. The Hall–Kier alpha value is -2.24. The van der Waals surface area contributed by atoms with Crippen LogP contribution in [-0.2, 0) is 10.0 Å². The largest absolute Gasteiger partial charge is 0.288 e. The zero-order valence-corrected chi connectivity index (χ0v) is 11.4. The topological polar surface area (TPSA) is 77.2 Å². The van der Waals surface area contributed by atoms with Crippen LogP contribution in [0.5, 0.6) is 0 Å². The maximum Gasteiger partial charge on any atom is 0.241 e. The van der Waals surface area contributed by atoms with Crippen molar-refractivity contribution in [2.75, 3.05) is 0 Å². The molecule has 5 heteroatoms. The lowest BCUT2D eigenvalue weighted by Gasteiger charge is -2.05. The van der Waals surface area contributed by atoms with Gasteiger partial charge in [-0.15, -0.1) is 0 Å². The van der Waals surface area contributed by atoms with Crippen molar-refractivity contribution < 1.29 is 13.2 Å². The third-order valence-electron chi connectivity index (χ3n) is 2.66. The van der Waals surface area contributed by atoms with Crippen LogP contribution in [0.4, 0.5) is 0 Å². The molecule has 2 aromatic rings. The van der Waals surface area contributed by atoms with E-state index in [1.807, 2.05) is 0 Å². The minimum absolute atomic E-state index is 0.281. The van der Waals surface area contributed by atoms with Gasteiger partial charge in [-0.05, 0) is 11.6 Å². The predicted octanol–water partition coefficient (Wildman–Crippen LogP) is 2.20. The third kappa shape index (κ3) is 3.40. The molecule has 0 aliphatic carbocycles. The van der Waals surface area contributed by atoms with E-state index < -0.39 is 20.7 Å². The molecule has 0 fully saturated rings. The predicted molar refractivity (Wildman–Crippen MR) is 78.3 cm³/mol. The molecule has 0 aromatic heterocycles. The first-order valence-electron chi connectivity index (χ1n) is 5.88. The van der Waals surface area contributed by atoms with E-state index in [4.69, 9.17) is 5.14 Å². The Labute approximate surface area is 117 Å². The molecule has 2 aromatic carbocycles. The summed E-state index contributed by atoms with van der Waals surface area (Å²) in [6.07, 6.45) is 1.28. The molecule has 0 heterocycles. The Morgan fingerprint density at radius 3 is 1.90 bits per heavy atom. The van der Waals surface area contributed by atoms with Gasteiger partial charge >= 0.3 is 0 Å². The zero-order chi connectivity index (χ0) is 14.6. The van der Waals surface area contributed by atoms with Crippen molar-refractivity contribution in [2.45, 2.75) is 0 Å². The highest BCUT2D eigenvalue weighted by atomic mass is 32.2. The standard InChI is InChI=1S/C15H13NO3S/c16-20(18,19)14(11-12-7-3-1-4-8-12)15(17)13-9-5-2-6-10-13/h1-11H,(H2,16,18,19)/b14-11-. The average molecular weight is 287 g/mol. The fourth-order valence-corrected chi connectivity index (χ4v) is 2.39. The molecule has 0 radical (unpaired) electrons. The fraction of sp³-hybridized carbons (Fsp3) is 0. The van der Waals surface area contributed by atoms with Crippen molar-refractivity contribution in [3.05, 3.63) is 76.7 Å². The van der Waals surface area contributed by atoms with Crippen molar-refractivity contribution in [3.63, 3.8) is 0 Å². The van der Waals surface area contributed by atoms with Crippen LogP contribution in [-0.4, -0.2) is 14.2 Å². The Bertz CT molecular complexity index is 735. The van der Waals surface area contributed by atoms with Crippen LogP contribution in [0.3, 0.4) is 0 Å². The van der Waals surface area contributed by atoms with Crippen LogP contribution in [0.15, 0.2) is 65.6 Å². The lowest BCUT2D eigenvalue weighted by Crippen LogP contribution is -2.21. The number of rotatable bonds is 4. The van der Waals surface area contributed by atoms with E-state index in [-0.39, 0.29) is 5.56 Å². The number of ketones is 1. The van der Waals surface area contributed by atoms with Crippen molar-refractivity contribution in [1.29, 1.82) is 0 Å². The molecular weight excluding hydrogens is 274 g/mol. The Kier molecular flexibility index (Phi) is 4.12. The first kappa shape index (κ1) is 14.2. The summed E-state index contributed by atoms with van der Waals surface area (Å²) in [7, 11) is -4.10. The van der Waals surface area contributed by atoms with Crippen LogP contribution in [0.1, 0.15) is 15.9 Å². The van der Waals surface area contributed by atoms with Crippen molar-refractivity contribution in [2.24, 2.45) is 5.14 Å². The summed E-state index contributed by atoms with van der Waals surface area (Å²) in [4.78, 5) is 11.8. The van der Waals surface area contributed by atoms with Crippen LogP contribution in [0.2, 0.25) is 0 Å². The molecule has 2 rings (SSSR count). The molecule has 0 bridgehead atoms. The second kappa shape index (κ2) is 5.81. The first-order valence-corrected chi connectivity index (χ1v) is 7.42. The van der Waals surface area contributed by atoms with Crippen LogP contribution < -0.4 is 5.14 Å². The summed E-state index contributed by atoms with van der Waals surface area (Å²) in [5.41, 5.74) is 0.879. The first-order chi connectivity index (χ1) is 9.48. The van der Waals surface area contributed by atoms with Gasteiger partial charge in [-0.3, -0.25) is 4.79 Å². The summed E-state index contributed by atoms with van der Waals surface area (Å²) in [6, 6.07) is 16.9. The summed E-state index contributed by atoms with van der Waals surface area (Å²) in [6.45, 7) is 0. The Balaban J connectivity index is 2.51. The van der Waals surface area contributed by atoms with E-state index in [1.165, 1.54) is 6.08 Å². The zero-order valence-electron chi connectivity index (χ0n) is 10.6. The molecule has 20 heavy (non-hydrogen) atoms. The van der Waals surface area contributed by atoms with Gasteiger partial charge in [0.2, 0.25) is 15.8 Å². The van der Waals surface area contributed by atoms with Crippen LogP contribution in [0.25, 0.3) is 6.08 Å². The molecule has 0 atom stereocenters. The van der Waals surface area contributed by atoms with Gasteiger partial charge in [-0.2, -0.15) is 0 Å². The maximum atomic E-state index is 12.3. The van der Waals surface area contributed by atoms with E-state index in [0.29, 0.717) is 5.56 Å². The number of benzene rings is 2. The van der Waals surface area contributed by atoms with Gasteiger partial charge in [-0.25, -0.2) is 13.6 Å². The molecular formula is C15H13NO3S. The number of allylic oxidation sites excluding steroid dienone is 1. The SMILES string of the molecule is NS(=O)(=O)/C(=C\c1ccccc1)C(=O)c1ccccc1. The molecule has 0 aliphatic heterocycles. The highest BCUT2D eigenvalue weighted by Crippen LogP contribution is 2.16. The Morgan fingerprint density at radius 2 is 1.40 bits per heavy atom. The minimum atomic E-state index is -4.10. The summed E-state index contributed by atoms with van der Waals surface area (Å²) in [5.74, 6) is -0.614. The van der Waals surface area contributed by atoms with E-state index in [9.17, 15) is 13.2 Å². The van der Waals surface area contributed by atoms with Gasteiger partial charge in [0.15, 0.2) is 0 Å². The summed E-state index contributed by atoms with van der Waals surface area (Å²) < 4.78 is 23.3. The number of primary sulfonamides is 1. The number of sulfonamides is 1. The number of carbonyl (C=O) groups is 1. The molecule has 0 unspecified atom stereocenters. The fourth-order valence-electron chi connectivity index (χ4n) is 1.71. The van der Waals surface area contributed by atoms with E-state index in [2.05, 4.69) is 0 Å². The average Bonchev–Trinajstić information content (AvgIpc) is 2.45. The second-order valence-corrected chi connectivity index (χ2v) is 5.69. The van der Waals surface area contributed by atoms with Gasteiger partial charge < -0.3 is 0 Å². The van der Waals surface area contributed by atoms with E-state index >= 15 is 0 Å². The van der Waals surface area contributed by atoms with Crippen LogP contribution >= 0.6 is 0 Å². The normalized spacial score (nSPS) is 12.2. The van der Waals surface area contributed by atoms with Gasteiger partial charge in [0.05, 0.1) is 0 Å². The highest BCUT2D eigenvalue weighted by molar-refractivity contribution is 7.94. The van der Waals surface area contributed by atoms with Crippen molar-refractivity contribution >= 4 is 21.9 Å². The monoisotopic (exact) mass is 287 g/mol. The number of nitrogens with two attached hydrogens (primary N) is 1. The lowest BCUT2D eigenvalue weighted by atomic mass is 10.1. The quantitative estimate of drug-likeness (QED) is 0.691. The number of hydrogen-bond acceptors (Lipinski definition) is 3. The van der Waals surface area contributed by atoms with Gasteiger partial charge in [0.25, 0.3) is 0 Å². The number of hydrogen-bond donors (Lipinski definition) is 1. The van der Waals surface area contributed by atoms with Gasteiger partial charge in [0, 0.05) is 5.56 Å². The molecule has 0 saturated carbocycles.